The van der Waals surface area contributed by atoms with Crippen molar-refractivity contribution in [2.24, 2.45) is 0 Å². The van der Waals surface area contributed by atoms with Gasteiger partial charge in [0.1, 0.15) is 0 Å². The summed E-state index contributed by atoms with van der Waals surface area (Å²) in [7, 11) is 0. The van der Waals surface area contributed by atoms with E-state index >= 15 is 0 Å². The van der Waals surface area contributed by atoms with E-state index in [0.29, 0.717) is 5.95 Å². The van der Waals surface area contributed by atoms with Crippen molar-refractivity contribution in [3.8, 4) is 38.9 Å². The van der Waals surface area contributed by atoms with Crippen molar-refractivity contribution in [1.82, 2.24) is 14.5 Å². The third kappa shape index (κ3) is 4.79. The van der Waals surface area contributed by atoms with Crippen LogP contribution in [-0.2, 0) is 6.42 Å². The molecule has 3 aromatic heterocycles. The molecule has 0 N–H and O–H groups in total. The third-order valence-electron chi connectivity index (χ3n) is 10.0. The lowest BCUT2D eigenvalue weighted by Crippen LogP contribution is -2.06. The fourth-order valence-corrected chi connectivity index (χ4v) is 8.90. The maximum atomic E-state index is 5.51. The van der Waals surface area contributed by atoms with E-state index in [1.165, 1.54) is 26.1 Å². The quantitative estimate of drug-likeness (QED) is 0.175. The number of rotatable bonds is 3. The lowest BCUT2D eigenvalue weighted by atomic mass is 9.96. The van der Waals surface area contributed by atoms with Gasteiger partial charge in [-0.15, -0.1) is 11.3 Å². The molecular formula is C47H31N3S. The Kier molecular flexibility index (Phi) is 6.90. The Hall–Kier alpha value is -6.36. The van der Waals surface area contributed by atoms with Gasteiger partial charge >= 0.3 is 0 Å². The van der Waals surface area contributed by atoms with Crippen LogP contribution in [0.1, 0.15) is 11.1 Å². The van der Waals surface area contributed by atoms with Gasteiger partial charge in [-0.05, 0) is 63.7 Å². The van der Waals surface area contributed by atoms with E-state index in [2.05, 4.69) is 168 Å². The molecule has 1 aliphatic rings. The third-order valence-corrected chi connectivity index (χ3v) is 11.2. The number of thiophene rings is 1. The molecule has 0 unspecified atom stereocenters. The summed E-state index contributed by atoms with van der Waals surface area (Å²) in [4.78, 5) is 12.2. The van der Waals surface area contributed by atoms with E-state index < -0.39 is 0 Å². The van der Waals surface area contributed by atoms with E-state index in [4.69, 9.17) is 16.5 Å². The first-order chi connectivity index (χ1) is 25.2. The van der Waals surface area contributed by atoms with Crippen LogP contribution in [0.3, 0.4) is 0 Å². The minimum atomic E-state index is 0.643. The molecular weight excluding hydrogens is 639 g/mol. The Morgan fingerprint density at radius 1 is 0.608 bits per heavy atom. The van der Waals surface area contributed by atoms with Gasteiger partial charge in [0, 0.05) is 32.0 Å². The van der Waals surface area contributed by atoms with Crippen LogP contribution >= 0.6 is 11.3 Å². The van der Waals surface area contributed by atoms with Gasteiger partial charge in [0.15, 0.2) is 0 Å². The van der Waals surface area contributed by atoms with Gasteiger partial charge in [-0.25, -0.2) is 9.97 Å². The highest BCUT2D eigenvalue weighted by Crippen LogP contribution is 2.48. The maximum absolute atomic E-state index is 5.51. The van der Waals surface area contributed by atoms with Crippen LogP contribution in [-0.4, -0.2) is 14.5 Å². The van der Waals surface area contributed by atoms with Crippen LogP contribution in [0, 0.1) is 0 Å². The zero-order valence-electron chi connectivity index (χ0n) is 27.8. The fraction of sp³-hybridized carbons (Fsp3) is 0.0213. The number of aromatic nitrogens is 3. The van der Waals surface area contributed by atoms with Crippen molar-refractivity contribution in [2.45, 2.75) is 6.42 Å². The highest BCUT2D eigenvalue weighted by atomic mass is 32.1. The monoisotopic (exact) mass is 669 g/mol. The second-order valence-electron chi connectivity index (χ2n) is 13.0. The van der Waals surface area contributed by atoms with Crippen LogP contribution in [0.25, 0.3) is 87.1 Å². The molecule has 0 saturated heterocycles. The SMILES string of the molecule is C=C1/C=C\C=C/Cc2c(sc3ccccc23)-c2c1c1cc(-c3ccccc3)ccc1n2-c1nc(-c2ccccc2)c2ccc3ccccc3c2n1. The standard InChI is InChI=1S/C47H31N3S/c1-30-15-5-2-10-23-37-36-22-13-14-24-41(36)51-46(37)45-42(30)39-29-34(31-16-6-3-7-17-31)26-28-40(39)50(45)47-48-43(33-19-8-4-9-20-33)38-27-25-32-18-11-12-21-35(32)44(38)49-47/h2-22,24-29H,1,23H2/b10-2-,15-5-. The van der Waals surface area contributed by atoms with Crippen molar-refractivity contribution in [1.29, 1.82) is 0 Å². The molecule has 0 spiro atoms. The molecule has 3 nitrogen and oxygen atoms in total. The average Bonchev–Trinajstić information content (AvgIpc) is 3.73. The van der Waals surface area contributed by atoms with E-state index in [1.54, 1.807) is 0 Å². The summed E-state index contributed by atoms with van der Waals surface area (Å²) in [5.74, 6) is 0.643. The van der Waals surface area contributed by atoms with Gasteiger partial charge in [0.05, 0.1) is 27.3 Å². The zero-order valence-corrected chi connectivity index (χ0v) is 28.6. The first kappa shape index (κ1) is 29.5. The molecule has 0 bridgehead atoms. The minimum Gasteiger partial charge on any atom is -0.276 e. The lowest BCUT2D eigenvalue weighted by molar-refractivity contribution is 0.991. The maximum Gasteiger partial charge on any atom is 0.235 e. The van der Waals surface area contributed by atoms with Crippen molar-refractivity contribution in [2.75, 3.05) is 0 Å². The van der Waals surface area contributed by atoms with Crippen molar-refractivity contribution >= 4 is 59.6 Å². The number of hydrogen-bond donors (Lipinski definition) is 0. The summed E-state index contributed by atoms with van der Waals surface area (Å²) in [6.45, 7) is 4.70. The zero-order chi connectivity index (χ0) is 33.9. The first-order valence-corrected chi connectivity index (χ1v) is 18.1. The lowest BCUT2D eigenvalue weighted by Gasteiger charge is -2.16. The normalized spacial score (nSPS) is 14.2. The number of allylic oxidation sites excluding steroid dienone is 5. The van der Waals surface area contributed by atoms with E-state index in [9.17, 15) is 0 Å². The number of fused-ring (bicyclic) bond motifs is 10. The van der Waals surface area contributed by atoms with Crippen LogP contribution in [0.2, 0.25) is 0 Å². The Bertz CT molecular complexity index is 2890. The molecule has 0 amide bonds. The van der Waals surface area contributed by atoms with Gasteiger partial charge in [-0.3, -0.25) is 4.57 Å². The summed E-state index contributed by atoms with van der Waals surface area (Å²) < 4.78 is 3.57. The predicted molar refractivity (Wildman–Crippen MR) is 217 cm³/mol. The van der Waals surface area contributed by atoms with Crippen LogP contribution in [0.5, 0.6) is 0 Å². The molecule has 9 aromatic rings. The second-order valence-corrected chi connectivity index (χ2v) is 14.1. The molecule has 0 atom stereocenters. The molecule has 6 aromatic carbocycles. The summed E-state index contributed by atoms with van der Waals surface area (Å²) in [5.41, 5.74) is 10.7. The molecule has 1 aliphatic carbocycles. The molecule has 3 heterocycles. The fourth-order valence-electron chi connectivity index (χ4n) is 7.63. The molecule has 0 saturated carbocycles. The predicted octanol–water partition coefficient (Wildman–Crippen LogP) is 12.6. The van der Waals surface area contributed by atoms with Gasteiger partial charge in [0.2, 0.25) is 5.95 Å². The first-order valence-electron chi connectivity index (χ1n) is 17.3. The van der Waals surface area contributed by atoms with Crippen LogP contribution in [0.15, 0.2) is 170 Å². The number of benzene rings is 6. The molecule has 51 heavy (non-hydrogen) atoms. The number of nitrogens with zero attached hydrogens (tertiary/aromatic N) is 3. The summed E-state index contributed by atoms with van der Waals surface area (Å²) >= 11 is 1.84. The van der Waals surface area contributed by atoms with Crippen LogP contribution in [0.4, 0.5) is 0 Å². The second kappa shape index (κ2) is 11.9. The summed E-state index contributed by atoms with van der Waals surface area (Å²) in [6, 6.07) is 49.5. The molecule has 240 valence electrons. The Labute approximate surface area is 299 Å². The van der Waals surface area contributed by atoms with Crippen molar-refractivity contribution in [3.05, 3.63) is 182 Å². The number of hydrogen-bond acceptors (Lipinski definition) is 3. The minimum absolute atomic E-state index is 0.643. The van der Waals surface area contributed by atoms with Crippen LogP contribution < -0.4 is 0 Å². The highest BCUT2D eigenvalue weighted by Gasteiger charge is 2.28. The highest BCUT2D eigenvalue weighted by molar-refractivity contribution is 7.22. The van der Waals surface area contributed by atoms with Crippen molar-refractivity contribution < 1.29 is 0 Å². The van der Waals surface area contributed by atoms with Crippen molar-refractivity contribution in [3.63, 3.8) is 0 Å². The smallest absolute Gasteiger partial charge is 0.235 e. The van der Waals surface area contributed by atoms with Gasteiger partial charge in [0.25, 0.3) is 0 Å². The molecule has 4 heteroatoms. The molecule has 10 rings (SSSR count). The van der Waals surface area contributed by atoms with Gasteiger partial charge in [-0.1, -0.05) is 146 Å². The molecule has 0 fully saturated rings. The van der Waals surface area contributed by atoms with E-state index in [-0.39, 0.29) is 0 Å². The average molecular weight is 670 g/mol. The van der Waals surface area contributed by atoms with Gasteiger partial charge in [-0.2, -0.15) is 0 Å². The summed E-state index contributed by atoms with van der Waals surface area (Å²) in [6.07, 6.45) is 9.45. The molecule has 0 radical (unpaired) electrons. The topological polar surface area (TPSA) is 30.7 Å². The van der Waals surface area contributed by atoms with E-state index in [0.717, 1.165) is 72.7 Å². The Morgan fingerprint density at radius 3 is 2.20 bits per heavy atom. The largest absolute Gasteiger partial charge is 0.276 e. The Balaban J connectivity index is 1.39. The van der Waals surface area contributed by atoms with E-state index in [1.807, 2.05) is 11.3 Å². The molecule has 0 aliphatic heterocycles. The summed E-state index contributed by atoms with van der Waals surface area (Å²) in [5, 5.41) is 5.69. The Morgan fingerprint density at radius 2 is 1.35 bits per heavy atom. The van der Waals surface area contributed by atoms with Gasteiger partial charge < -0.3 is 0 Å².